The summed E-state index contributed by atoms with van der Waals surface area (Å²) < 4.78 is 43.6. The summed E-state index contributed by atoms with van der Waals surface area (Å²) in [6, 6.07) is 4.32. The Kier molecular flexibility index (Phi) is 5.34. The van der Waals surface area contributed by atoms with E-state index >= 15 is 0 Å². The summed E-state index contributed by atoms with van der Waals surface area (Å²) in [6.07, 6.45) is -3.47. The summed E-state index contributed by atoms with van der Waals surface area (Å²) in [6.45, 7) is 4.68. The van der Waals surface area contributed by atoms with Crippen molar-refractivity contribution in [2.24, 2.45) is 11.8 Å². The molecule has 1 saturated carbocycles. The first-order valence-electron chi connectivity index (χ1n) is 9.41. The fraction of sp³-hybridized carbons (Fsp3) is 0.600. The van der Waals surface area contributed by atoms with Gasteiger partial charge in [0.25, 0.3) is 0 Å². The number of nitrogens with one attached hydrogen (secondary N) is 1. The lowest BCUT2D eigenvalue weighted by Gasteiger charge is -2.26. The molecule has 0 radical (unpaired) electrons. The Morgan fingerprint density at radius 2 is 2.11 bits per heavy atom. The molecule has 1 aliphatic heterocycles. The van der Waals surface area contributed by atoms with E-state index in [1.807, 2.05) is 6.92 Å². The third-order valence-corrected chi connectivity index (χ3v) is 6.08. The number of amides is 2. The molecular formula is C20H25F3N2O3. The molecule has 2 fully saturated rings. The number of hydrogen-bond acceptors (Lipinski definition) is 3. The molecule has 1 saturated heterocycles. The molecule has 2 aliphatic rings. The Labute approximate surface area is 162 Å². The number of likely N-dealkylation sites (tertiary alicyclic amines) is 1. The number of aryl methyl sites for hydroxylation is 1. The molecule has 154 valence electrons. The van der Waals surface area contributed by atoms with Gasteiger partial charge in [0.2, 0.25) is 5.91 Å². The van der Waals surface area contributed by atoms with Crippen LogP contribution in [0.5, 0.6) is 0 Å². The monoisotopic (exact) mass is 398 g/mol. The topological polar surface area (TPSA) is 58.6 Å². The minimum absolute atomic E-state index is 0.0332. The second-order valence-electron chi connectivity index (χ2n) is 7.78. The maximum absolute atomic E-state index is 13.0. The molecule has 1 heterocycles. The number of alkyl carbamates (subject to hydrolysis) is 1. The molecule has 2 amide bonds. The van der Waals surface area contributed by atoms with E-state index in [1.54, 1.807) is 17.0 Å². The lowest BCUT2D eigenvalue weighted by Crippen LogP contribution is -2.42. The maximum atomic E-state index is 13.0. The fourth-order valence-electron chi connectivity index (χ4n) is 4.33. The van der Waals surface area contributed by atoms with Gasteiger partial charge in [0.15, 0.2) is 0 Å². The second-order valence-corrected chi connectivity index (χ2v) is 7.78. The molecule has 0 bridgehead atoms. The second kappa shape index (κ2) is 7.29. The highest BCUT2D eigenvalue weighted by Crippen LogP contribution is 2.59. The van der Waals surface area contributed by atoms with Crippen LogP contribution in [0.4, 0.5) is 18.0 Å². The Balaban J connectivity index is 1.70. The molecular weight excluding hydrogens is 373 g/mol. The van der Waals surface area contributed by atoms with Crippen LogP contribution >= 0.6 is 0 Å². The van der Waals surface area contributed by atoms with Gasteiger partial charge in [0.05, 0.1) is 18.6 Å². The van der Waals surface area contributed by atoms with E-state index in [2.05, 4.69) is 10.1 Å². The fourth-order valence-corrected chi connectivity index (χ4v) is 4.33. The smallest absolute Gasteiger partial charge is 0.416 e. The summed E-state index contributed by atoms with van der Waals surface area (Å²) in [5.41, 5.74) is 0.233. The van der Waals surface area contributed by atoms with Gasteiger partial charge in [-0.05, 0) is 42.9 Å². The first-order chi connectivity index (χ1) is 13.1. The van der Waals surface area contributed by atoms with Crippen LogP contribution in [0.1, 0.15) is 36.5 Å². The maximum Gasteiger partial charge on any atom is 0.416 e. The quantitative estimate of drug-likeness (QED) is 0.826. The van der Waals surface area contributed by atoms with Crippen molar-refractivity contribution in [2.45, 2.75) is 38.3 Å². The van der Waals surface area contributed by atoms with Gasteiger partial charge in [0, 0.05) is 25.0 Å². The molecule has 1 aliphatic carbocycles. The predicted octanol–water partition coefficient (Wildman–Crippen LogP) is 3.50. The Morgan fingerprint density at radius 3 is 2.68 bits per heavy atom. The van der Waals surface area contributed by atoms with Crippen molar-refractivity contribution in [3.8, 4) is 0 Å². The molecule has 3 rings (SSSR count). The summed E-state index contributed by atoms with van der Waals surface area (Å²) in [7, 11) is 1.27. The van der Waals surface area contributed by atoms with Crippen LogP contribution in [0, 0.1) is 18.8 Å². The number of fused-ring (bicyclic) bond motifs is 1. The van der Waals surface area contributed by atoms with Crippen molar-refractivity contribution < 1.29 is 27.5 Å². The molecule has 3 unspecified atom stereocenters. The third-order valence-electron chi connectivity index (χ3n) is 6.08. The van der Waals surface area contributed by atoms with E-state index in [9.17, 15) is 22.8 Å². The molecule has 3 atom stereocenters. The van der Waals surface area contributed by atoms with Crippen LogP contribution in [-0.2, 0) is 21.1 Å². The van der Waals surface area contributed by atoms with Crippen LogP contribution in [0.2, 0.25) is 0 Å². The first kappa shape index (κ1) is 20.5. The lowest BCUT2D eigenvalue weighted by atomic mass is 9.91. The molecule has 1 N–H and O–H groups in total. The van der Waals surface area contributed by atoms with Crippen molar-refractivity contribution in [3.05, 3.63) is 34.9 Å². The number of hydrogen-bond donors (Lipinski definition) is 1. The molecule has 1 aromatic rings. The molecule has 1 aromatic carbocycles. The Bertz CT molecular complexity index is 780. The number of methoxy groups -OCH3 is 1. The van der Waals surface area contributed by atoms with Gasteiger partial charge in [0.1, 0.15) is 0 Å². The van der Waals surface area contributed by atoms with Gasteiger partial charge in [-0.1, -0.05) is 19.1 Å². The van der Waals surface area contributed by atoms with Gasteiger partial charge < -0.3 is 15.0 Å². The molecule has 0 aromatic heterocycles. The van der Waals surface area contributed by atoms with E-state index < -0.39 is 17.8 Å². The Hall–Kier alpha value is -2.25. The number of halogens is 3. The van der Waals surface area contributed by atoms with Gasteiger partial charge >= 0.3 is 12.3 Å². The number of rotatable bonds is 5. The summed E-state index contributed by atoms with van der Waals surface area (Å²) in [4.78, 5) is 25.9. The lowest BCUT2D eigenvalue weighted by molar-refractivity contribution is -0.138. The van der Waals surface area contributed by atoms with E-state index in [0.29, 0.717) is 19.5 Å². The van der Waals surface area contributed by atoms with Crippen molar-refractivity contribution in [1.29, 1.82) is 0 Å². The standard InChI is InChI=1S/C20H25F3N2O3/c1-4-13(9-24-18(27)28-3)17(26)25-10-15-8-19(15,11-25)14-5-6-16(12(2)7-14)20(21,22)23/h5-7,13,15H,4,8-11H2,1-3H3,(H,24,27). The van der Waals surface area contributed by atoms with Gasteiger partial charge in [-0.2, -0.15) is 13.2 Å². The number of alkyl halides is 3. The molecule has 0 spiro atoms. The van der Waals surface area contributed by atoms with E-state index in [4.69, 9.17) is 0 Å². The SMILES string of the molecule is CCC(CNC(=O)OC)C(=O)N1CC2CC2(c2ccc(C(F)(F)F)c(C)c2)C1. The van der Waals surface area contributed by atoms with E-state index in [-0.39, 0.29) is 35.3 Å². The molecule has 5 nitrogen and oxygen atoms in total. The number of carbonyl (C=O) groups excluding carboxylic acids is 2. The number of ether oxygens (including phenoxy) is 1. The number of piperidine rings is 1. The van der Waals surface area contributed by atoms with Gasteiger partial charge in [-0.25, -0.2) is 4.79 Å². The summed E-state index contributed by atoms with van der Waals surface area (Å²) in [5.74, 6) is -0.101. The Morgan fingerprint density at radius 1 is 1.39 bits per heavy atom. The minimum Gasteiger partial charge on any atom is -0.453 e. The highest BCUT2D eigenvalue weighted by atomic mass is 19.4. The third kappa shape index (κ3) is 3.69. The van der Waals surface area contributed by atoms with Crippen molar-refractivity contribution in [2.75, 3.05) is 26.7 Å². The average molecular weight is 398 g/mol. The molecule has 8 heteroatoms. The highest BCUT2D eigenvalue weighted by molar-refractivity contribution is 5.80. The van der Waals surface area contributed by atoms with Crippen molar-refractivity contribution in [1.82, 2.24) is 10.2 Å². The number of nitrogens with zero attached hydrogens (tertiary/aromatic N) is 1. The van der Waals surface area contributed by atoms with Crippen LogP contribution in [-0.4, -0.2) is 43.6 Å². The predicted molar refractivity (Wildman–Crippen MR) is 96.7 cm³/mol. The largest absolute Gasteiger partial charge is 0.453 e. The van der Waals surface area contributed by atoms with E-state index in [0.717, 1.165) is 18.1 Å². The highest BCUT2D eigenvalue weighted by Gasteiger charge is 2.62. The van der Waals surface area contributed by atoms with Crippen LogP contribution in [0.3, 0.4) is 0 Å². The minimum atomic E-state index is -4.36. The summed E-state index contributed by atoms with van der Waals surface area (Å²) in [5, 5.41) is 2.56. The first-order valence-corrected chi connectivity index (χ1v) is 9.41. The zero-order valence-electron chi connectivity index (χ0n) is 16.2. The van der Waals surface area contributed by atoms with Crippen molar-refractivity contribution in [3.63, 3.8) is 0 Å². The van der Waals surface area contributed by atoms with Crippen LogP contribution < -0.4 is 5.32 Å². The van der Waals surface area contributed by atoms with Crippen LogP contribution in [0.15, 0.2) is 18.2 Å². The number of benzene rings is 1. The average Bonchev–Trinajstić information content (AvgIpc) is 3.21. The van der Waals surface area contributed by atoms with Crippen LogP contribution in [0.25, 0.3) is 0 Å². The number of carbonyl (C=O) groups is 2. The summed E-state index contributed by atoms with van der Waals surface area (Å²) >= 11 is 0. The zero-order chi connectivity index (χ0) is 20.7. The van der Waals surface area contributed by atoms with E-state index in [1.165, 1.54) is 14.0 Å². The van der Waals surface area contributed by atoms with Crippen molar-refractivity contribution >= 4 is 12.0 Å². The molecule has 28 heavy (non-hydrogen) atoms. The zero-order valence-corrected chi connectivity index (χ0v) is 16.2. The normalized spacial score (nSPS) is 24.5. The van der Waals surface area contributed by atoms with Gasteiger partial charge in [-0.3, -0.25) is 4.79 Å². The van der Waals surface area contributed by atoms with Gasteiger partial charge in [-0.15, -0.1) is 0 Å².